The van der Waals surface area contributed by atoms with Gasteiger partial charge >= 0.3 is 0 Å². The Labute approximate surface area is 291 Å². The maximum Gasteiger partial charge on any atom is 0.220 e. The third-order valence-electron chi connectivity index (χ3n) is 9.22. The van der Waals surface area contributed by atoms with Crippen LogP contribution in [0.4, 0.5) is 0 Å². The van der Waals surface area contributed by atoms with Gasteiger partial charge in [0.15, 0.2) is 12.6 Å². The van der Waals surface area contributed by atoms with Crippen molar-refractivity contribution in [3.63, 3.8) is 0 Å². The van der Waals surface area contributed by atoms with E-state index >= 15 is 0 Å². The lowest BCUT2D eigenvalue weighted by Crippen LogP contribution is -2.65. The highest BCUT2D eigenvalue weighted by atomic mass is 16.7. The lowest BCUT2D eigenvalue weighted by atomic mass is 9.97. The number of rotatable bonds is 25. The average molecular weight is 708 g/mol. The lowest BCUT2D eigenvalue weighted by Gasteiger charge is -2.46. The Bertz CT molecular complexity index is 894. The van der Waals surface area contributed by atoms with Crippen molar-refractivity contribution in [1.82, 2.24) is 5.32 Å². The molecular formula is C35H65NO13. The maximum atomic E-state index is 12.9. The van der Waals surface area contributed by atoms with E-state index in [4.69, 9.17) is 18.9 Å². The second kappa shape index (κ2) is 24.8. The fraction of sp³-hybridized carbons (Fsp3) is 0.914. The van der Waals surface area contributed by atoms with Crippen LogP contribution in [0.5, 0.6) is 0 Å². The van der Waals surface area contributed by atoms with Crippen LogP contribution in [0.3, 0.4) is 0 Å². The van der Waals surface area contributed by atoms with E-state index in [1.807, 2.05) is 6.08 Å². The summed E-state index contributed by atoms with van der Waals surface area (Å²) in [6, 6.07) is -0.901. The largest absolute Gasteiger partial charge is 0.394 e. The van der Waals surface area contributed by atoms with Crippen LogP contribution in [0.2, 0.25) is 0 Å². The number of amides is 1. The highest BCUT2D eigenvalue weighted by Gasteiger charge is 2.50. The number of hydrogen-bond acceptors (Lipinski definition) is 13. The number of unbranched alkanes of at least 4 members (excludes halogenated alkanes) is 12. The van der Waals surface area contributed by atoms with Crippen molar-refractivity contribution in [3.05, 3.63) is 12.2 Å². The molecule has 2 aliphatic rings. The molecule has 2 fully saturated rings. The molecule has 49 heavy (non-hydrogen) atoms. The van der Waals surface area contributed by atoms with E-state index in [1.165, 1.54) is 38.5 Å². The fourth-order valence-electron chi connectivity index (χ4n) is 6.05. The van der Waals surface area contributed by atoms with E-state index in [-0.39, 0.29) is 18.9 Å². The zero-order chi connectivity index (χ0) is 36.2. The first-order valence-corrected chi connectivity index (χ1v) is 18.4. The van der Waals surface area contributed by atoms with Crippen LogP contribution in [-0.4, -0.2) is 140 Å². The minimum atomic E-state index is -1.78. The Hall–Kier alpha value is -1.27. The fourth-order valence-corrected chi connectivity index (χ4v) is 6.05. The first-order chi connectivity index (χ1) is 23.6. The van der Waals surface area contributed by atoms with Crippen molar-refractivity contribution in [3.8, 4) is 0 Å². The lowest BCUT2D eigenvalue weighted by molar-refractivity contribution is -0.359. The number of ether oxygens (including phenoxy) is 4. The zero-order valence-electron chi connectivity index (χ0n) is 29.4. The molecule has 288 valence electrons. The Kier molecular flexibility index (Phi) is 22.2. The van der Waals surface area contributed by atoms with Gasteiger partial charge in [-0.1, -0.05) is 96.6 Å². The number of carbonyl (C=O) groups is 1. The molecule has 0 bridgehead atoms. The molecule has 0 aromatic heterocycles. The second-order valence-corrected chi connectivity index (χ2v) is 13.4. The van der Waals surface area contributed by atoms with Gasteiger partial charge in [0.2, 0.25) is 5.91 Å². The number of aliphatic hydroxyl groups is 8. The van der Waals surface area contributed by atoms with E-state index in [1.54, 1.807) is 6.08 Å². The Morgan fingerprint density at radius 1 is 0.714 bits per heavy atom. The van der Waals surface area contributed by atoms with E-state index in [0.29, 0.717) is 6.42 Å². The van der Waals surface area contributed by atoms with Crippen molar-refractivity contribution in [2.45, 2.75) is 184 Å². The van der Waals surface area contributed by atoms with E-state index in [9.17, 15) is 45.6 Å². The molecule has 2 heterocycles. The van der Waals surface area contributed by atoms with Gasteiger partial charge in [0.1, 0.15) is 48.8 Å². The number of aliphatic hydroxyl groups excluding tert-OH is 8. The minimum absolute atomic E-state index is 0.252. The smallest absolute Gasteiger partial charge is 0.220 e. The molecule has 0 aromatic carbocycles. The minimum Gasteiger partial charge on any atom is -0.394 e. The molecule has 14 heteroatoms. The van der Waals surface area contributed by atoms with Crippen LogP contribution in [0, 0.1) is 0 Å². The first kappa shape index (κ1) is 43.9. The molecule has 0 aliphatic carbocycles. The van der Waals surface area contributed by atoms with Gasteiger partial charge in [-0.05, 0) is 19.3 Å². The molecule has 0 saturated carbocycles. The summed E-state index contributed by atoms with van der Waals surface area (Å²) >= 11 is 0. The number of allylic oxidation sites excluding steroid dienone is 1. The molecule has 0 spiro atoms. The SMILES string of the molecule is CCCCC/C=C/C(O)C(COC1OC(CO)C(OC2OC(CO)C(O)C(O)C2O)C(O)C1O)NC(=O)CCCCCCCCCCCC. The average Bonchev–Trinajstić information content (AvgIpc) is 3.09. The van der Waals surface area contributed by atoms with Gasteiger partial charge in [-0.15, -0.1) is 0 Å². The third-order valence-corrected chi connectivity index (χ3v) is 9.22. The Morgan fingerprint density at radius 3 is 1.88 bits per heavy atom. The van der Waals surface area contributed by atoms with E-state index < -0.39 is 86.8 Å². The predicted octanol–water partition coefficient (Wildman–Crippen LogP) is 0.920. The molecule has 2 rings (SSSR count). The summed E-state index contributed by atoms with van der Waals surface area (Å²) in [7, 11) is 0. The molecule has 1 amide bonds. The highest BCUT2D eigenvalue weighted by Crippen LogP contribution is 2.29. The van der Waals surface area contributed by atoms with Crippen molar-refractivity contribution in [2.75, 3.05) is 19.8 Å². The molecular weight excluding hydrogens is 642 g/mol. The monoisotopic (exact) mass is 707 g/mol. The molecule has 2 saturated heterocycles. The third kappa shape index (κ3) is 15.1. The number of carbonyl (C=O) groups excluding carboxylic acids is 1. The van der Waals surface area contributed by atoms with Crippen LogP contribution < -0.4 is 5.32 Å². The summed E-state index contributed by atoms with van der Waals surface area (Å²) in [5, 5.41) is 85.5. The topological polar surface area (TPSA) is 228 Å². The van der Waals surface area contributed by atoms with E-state index in [0.717, 1.165) is 44.9 Å². The maximum absolute atomic E-state index is 12.9. The van der Waals surface area contributed by atoms with Gasteiger partial charge in [0, 0.05) is 6.42 Å². The number of hydrogen-bond donors (Lipinski definition) is 9. The molecule has 14 nitrogen and oxygen atoms in total. The summed E-state index contributed by atoms with van der Waals surface area (Å²) in [4.78, 5) is 12.9. The molecule has 2 aliphatic heterocycles. The quantitative estimate of drug-likeness (QED) is 0.0476. The normalized spacial score (nSPS) is 32.0. The Balaban J connectivity index is 1.95. The van der Waals surface area contributed by atoms with Gasteiger partial charge in [-0.3, -0.25) is 4.79 Å². The van der Waals surface area contributed by atoms with Gasteiger partial charge in [0.05, 0.1) is 32.0 Å². The first-order valence-electron chi connectivity index (χ1n) is 18.4. The van der Waals surface area contributed by atoms with Gasteiger partial charge in [-0.2, -0.15) is 0 Å². The van der Waals surface area contributed by atoms with Crippen LogP contribution in [-0.2, 0) is 23.7 Å². The molecule has 0 radical (unpaired) electrons. The van der Waals surface area contributed by atoms with E-state index in [2.05, 4.69) is 19.2 Å². The zero-order valence-corrected chi connectivity index (χ0v) is 29.4. The van der Waals surface area contributed by atoms with Gasteiger partial charge in [0.25, 0.3) is 0 Å². The predicted molar refractivity (Wildman–Crippen MR) is 180 cm³/mol. The van der Waals surface area contributed by atoms with Crippen LogP contribution in [0.1, 0.15) is 110 Å². The summed E-state index contributed by atoms with van der Waals surface area (Å²) in [6.45, 7) is 2.59. The summed E-state index contributed by atoms with van der Waals surface area (Å²) in [6.07, 6.45) is 1.98. The molecule has 9 N–H and O–H groups in total. The standard InChI is InChI=1S/C35H65NO13/c1-3-5-7-9-10-11-12-13-15-17-19-27(40)36-23(24(39)18-16-14-8-6-4-2)22-46-34-32(45)30(43)33(26(21-38)48-34)49-35-31(44)29(42)28(41)25(20-37)47-35/h16,18,23-26,28-35,37-39,41-45H,3-15,17,19-22H2,1-2H3,(H,36,40)/b18-16+. The van der Waals surface area contributed by atoms with Crippen LogP contribution >= 0.6 is 0 Å². The molecule has 12 unspecified atom stereocenters. The van der Waals surface area contributed by atoms with Gasteiger partial charge < -0.3 is 65.1 Å². The Morgan fingerprint density at radius 2 is 1.27 bits per heavy atom. The van der Waals surface area contributed by atoms with Crippen molar-refractivity contribution >= 4 is 5.91 Å². The van der Waals surface area contributed by atoms with Crippen molar-refractivity contribution in [2.24, 2.45) is 0 Å². The van der Waals surface area contributed by atoms with Crippen molar-refractivity contribution in [1.29, 1.82) is 0 Å². The van der Waals surface area contributed by atoms with Crippen LogP contribution in [0.15, 0.2) is 12.2 Å². The number of nitrogens with one attached hydrogen (secondary N) is 1. The molecule has 12 atom stereocenters. The van der Waals surface area contributed by atoms with Crippen LogP contribution in [0.25, 0.3) is 0 Å². The van der Waals surface area contributed by atoms with Gasteiger partial charge in [-0.25, -0.2) is 0 Å². The summed E-state index contributed by atoms with van der Waals surface area (Å²) in [5.74, 6) is -0.252. The summed E-state index contributed by atoms with van der Waals surface area (Å²) < 4.78 is 22.4. The van der Waals surface area contributed by atoms with Crippen molar-refractivity contribution < 1.29 is 64.6 Å². The molecule has 0 aromatic rings. The summed E-state index contributed by atoms with van der Waals surface area (Å²) in [5.41, 5.74) is 0. The highest BCUT2D eigenvalue weighted by molar-refractivity contribution is 5.76. The second-order valence-electron chi connectivity index (χ2n) is 13.4.